The Morgan fingerprint density at radius 3 is 1.90 bits per heavy atom. The maximum atomic E-state index is 5.44. The second-order valence-electron chi connectivity index (χ2n) is 4.36. The molecule has 0 heterocycles. The van der Waals surface area contributed by atoms with Crippen molar-refractivity contribution in [3.63, 3.8) is 0 Å². The van der Waals surface area contributed by atoms with Gasteiger partial charge in [0, 0.05) is 7.11 Å². The highest BCUT2D eigenvalue weighted by Gasteiger charge is 2.38. The minimum absolute atomic E-state index is 0.329. The smallest absolute Gasteiger partial charge is 0.0647 e. The summed E-state index contributed by atoms with van der Waals surface area (Å²) in [6.07, 6.45) is 3.22. The summed E-state index contributed by atoms with van der Waals surface area (Å²) >= 11 is 0. The van der Waals surface area contributed by atoms with Crippen molar-refractivity contribution < 1.29 is 4.74 Å². The molecule has 0 bridgehead atoms. The lowest BCUT2D eigenvalue weighted by Gasteiger charge is -2.29. The topological polar surface area (TPSA) is 9.23 Å². The van der Waals surface area contributed by atoms with Crippen molar-refractivity contribution in [2.75, 3.05) is 7.11 Å². The molecule has 1 atom stereocenters. The van der Waals surface area contributed by atoms with Gasteiger partial charge in [-0.25, -0.2) is 0 Å². The van der Waals surface area contributed by atoms with E-state index in [0.717, 1.165) is 5.92 Å². The summed E-state index contributed by atoms with van der Waals surface area (Å²) in [5.74, 6) is 0.852. The molecule has 1 heteroatoms. The first-order chi connectivity index (χ1) is 4.55. The Bertz CT molecular complexity index is 108. The summed E-state index contributed by atoms with van der Waals surface area (Å²) in [6.45, 7) is 6.75. The van der Waals surface area contributed by atoms with Crippen LogP contribution in [0.2, 0.25) is 0 Å². The molecule has 0 aromatic rings. The molecule has 0 unspecified atom stereocenters. The van der Waals surface area contributed by atoms with Crippen molar-refractivity contribution in [2.24, 2.45) is 11.3 Å². The van der Waals surface area contributed by atoms with Crippen LogP contribution >= 0.6 is 0 Å². The van der Waals surface area contributed by atoms with Gasteiger partial charge in [-0.15, -0.1) is 0 Å². The second-order valence-corrected chi connectivity index (χ2v) is 4.36. The Morgan fingerprint density at radius 1 is 1.30 bits per heavy atom. The van der Waals surface area contributed by atoms with E-state index in [4.69, 9.17) is 4.74 Å². The standard InChI is InChI=1S/C9H18O/c1-9(2,3)8(10-4)7-5-6-7/h7-8H,5-6H2,1-4H3/t8-/m0/s1. The molecule has 0 aliphatic heterocycles. The minimum Gasteiger partial charge on any atom is -0.381 e. The van der Waals surface area contributed by atoms with E-state index in [-0.39, 0.29) is 0 Å². The van der Waals surface area contributed by atoms with Crippen molar-refractivity contribution in [3.8, 4) is 0 Å². The largest absolute Gasteiger partial charge is 0.381 e. The first kappa shape index (κ1) is 8.06. The van der Waals surface area contributed by atoms with E-state index in [1.54, 1.807) is 0 Å². The molecule has 0 amide bonds. The van der Waals surface area contributed by atoms with Crippen LogP contribution in [-0.2, 0) is 4.74 Å². The molecular weight excluding hydrogens is 124 g/mol. The molecule has 1 nitrogen and oxygen atoms in total. The van der Waals surface area contributed by atoms with Gasteiger partial charge >= 0.3 is 0 Å². The molecule has 60 valence electrons. The lowest BCUT2D eigenvalue weighted by molar-refractivity contribution is 0.000583. The van der Waals surface area contributed by atoms with E-state index in [2.05, 4.69) is 20.8 Å². The predicted octanol–water partition coefficient (Wildman–Crippen LogP) is 2.46. The lowest BCUT2D eigenvalue weighted by atomic mass is 9.86. The molecule has 0 N–H and O–H groups in total. The third-order valence-electron chi connectivity index (χ3n) is 2.16. The number of hydrogen-bond acceptors (Lipinski definition) is 1. The normalized spacial score (nSPS) is 22.8. The Labute approximate surface area is 63.8 Å². The summed E-state index contributed by atoms with van der Waals surface area (Å²) in [4.78, 5) is 0. The van der Waals surface area contributed by atoms with Crippen LogP contribution in [0, 0.1) is 11.3 Å². The van der Waals surface area contributed by atoms with E-state index in [0.29, 0.717) is 11.5 Å². The highest BCUT2D eigenvalue weighted by molar-refractivity contribution is 4.88. The number of rotatable bonds is 2. The zero-order chi connectivity index (χ0) is 7.78. The molecule has 1 fully saturated rings. The van der Waals surface area contributed by atoms with Gasteiger partial charge in [0.05, 0.1) is 6.10 Å². The van der Waals surface area contributed by atoms with E-state index in [9.17, 15) is 0 Å². The fourth-order valence-corrected chi connectivity index (χ4v) is 1.65. The van der Waals surface area contributed by atoms with Crippen LogP contribution in [-0.4, -0.2) is 13.2 Å². The number of ether oxygens (including phenoxy) is 1. The van der Waals surface area contributed by atoms with Gasteiger partial charge in [0.1, 0.15) is 0 Å². The molecule has 1 saturated carbocycles. The quantitative estimate of drug-likeness (QED) is 0.575. The highest BCUT2D eigenvalue weighted by Crippen LogP contribution is 2.41. The Morgan fingerprint density at radius 2 is 1.80 bits per heavy atom. The molecule has 0 aromatic heterocycles. The van der Waals surface area contributed by atoms with Crippen LogP contribution < -0.4 is 0 Å². The molecule has 1 aliphatic rings. The first-order valence-corrected chi connectivity index (χ1v) is 4.08. The highest BCUT2D eigenvalue weighted by atomic mass is 16.5. The fraction of sp³-hybridized carbons (Fsp3) is 1.00. The average molecular weight is 142 g/mol. The second kappa shape index (κ2) is 2.54. The molecule has 1 rings (SSSR count). The van der Waals surface area contributed by atoms with E-state index >= 15 is 0 Å². The van der Waals surface area contributed by atoms with Crippen LogP contribution in [0.1, 0.15) is 33.6 Å². The van der Waals surface area contributed by atoms with Crippen LogP contribution in [0.15, 0.2) is 0 Å². The molecule has 10 heavy (non-hydrogen) atoms. The fourth-order valence-electron chi connectivity index (χ4n) is 1.65. The Hall–Kier alpha value is -0.0400. The third-order valence-corrected chi connectivity index (χ3v) is 2.16. The monoisotopic (exact) mass is 142 g/mol. The summed E-state index contributed by atoms with van der Waals surface area (Å²) in [5, 5.41) is 0. The van der Waals surface area contributed by atoms with Gasteiger partial charge in [0.15, 0.2) is 0 Å². The van der Waals surface area contributed by atoms with Gasteiger partial charge in [-0.2, -0.15) is 0 Å². The van der Waals surface area contributed by atoms with Crippen LogP contribution in [0.25, 0.3) is 0 Å². The van der Waals surface area contributed by atoms with Gasteiger partial charge in [0.2, 0.25) is 0 Å². The third kappa shape index (κ3) is 1.72. The zero-order valence-corrected chi connectivity index (χ0v) is 7.48. The first-order valence-electron chi connectivity index (χ1n) is 4.08. The lowest BCUT2D eigenvalue weighted by Crippen LogP contribution is -2.30. The molecule has 0 saturated heterocycles. The van der Waals surface area contributed by atoms with Gasteiger partial charge in [0.25, 0.3) is 0 Å². The Balaban J connectivity index is 2.46. The van der Waals surface area contributed by atoms with Crippen molar-refractivity contribution in [1.29, 1.82) is 0 Å². The zero-order valence-electron chi connectivity index (χ0n) is 7.48. The van der Waals surface area contributed by atoms with Gasteiger partial charge in [-0.1, -0.05) is 20.8 Å². The summed E-state index contributed by atoms with van der Waals surface area (Å²) < 4.78 is 5.44. The summed E-state index contributed by atoms with van der Waals surface area (Å²) in [7, 11) is 1.83. The van der Waals surface area contributed by atoms with E-state index < -0.39 is 0 Å². The van der Waals surface area contributed by atoms with Crippen molar-refractivity contribution in [3.05, 3.63) is 0 Å². The average Bonchev–Trinajstić information content (AvgIpc) is 2.46. The molecule has 0 radical (unpaired) electrons. The van der Waals surface area contributed by atoms with E-state index in [1.165, 1.54) is 12.8 Å². The number of methoxy groups -OCH3 is 1. The molecule has 0 aromatic carbocycles. The van der Waals surface area contributed by atoms with Gasteiger partial charge < -0.3 is 4.74 Å². The van der Waals surface area contributed by atoms with E-state index in [1.807, 2.05) is 7.11 Å². The predicted molar refractivity (Wildman–Crippen MR) is 43.0 cm³/mol. The molecule has 1 aliphatic carbocycles. The maximum Gasteiger partial charge on any atom is 0.0647 e. The number of hydrogen-bond donors (Lipinski definition) is 0. The minimum atomic E-state index is 0.329. The maximum absolute atomic E-state index is 5.44. The van der Waals surface area contributed by atoms with Crippen molar-refractivity contribution in [1.82, 2.24) is 0 Å². The molecular formula is C9H18O. The summed E-state index contributed by atoms with van der Waals surface area (Å²) in [6, 6.07) is 0. The summed E-state index contributed by atoms with van der Waals surface area (Å²) in [5.41, 5.74) is 0.329. The van der Waals surface area contributed by atoms with Crippen LogP contribution in [0.3, 0.4) is 0 Å². The Kier molecular flexibility index (Phi) is 2.04. The van der Waals surface area contributed by atoms with Crippen LogP contribution in [0.4, 0.5) is 0 Å². The van der Waals surface area contributed by atoms with Crippen LogP contribution in [0.5, 0.6) is 0 Å². The SMILES string of the molecule is CO[C@@H](C1CC1)C(C)(C)C. The van der Waals surface area contributed by atoms with Crippen molar-refractivity contribution in [2.45, 2.75) is 39.7 Å². The van der Waals surface area contributed by atoms with Gasteiger partial charge in [-0.3, -0.25) is 0 Å². The van der Waals surface area contributed by atoms with Crippen molar-refractivity contribution >= 4 is 0 Å². The van der Waals surface area contributed by atoms with Gasteiger partial charge in [-0.05, 0) is 24.2 Å². The molecule has 0 spiro atoms.